The maximum absolute atomic E-state index is 5.21. The van der Waals surface area contributed by atoms with E-state index in [-0.39, 0.29) is 5.96 Å². The zero-order valence-electron chi connectivity index (χ0n) is 7.49. The van der Waals surface area contributed by atoms with Gasteiger partial charge in [-0.2, -0.15) is 0 Å². The van der Waals surface area contributed by atoms with Crippen LogP contribution in [0.4, 0.5) is 5.69 Å². The predicted octanol–water partition coefficient (Wildman–Crippen LogP) is 0.768. The molecule has 0 saturated heterocycles. The number of nitrogens with one attached hydrogen (secondary N) is 2. The maximum atomic E-state index is 5.21. The maximum Gasteiger partial charge on any atom is 0.208 e. The Morgan fingerprint density at radius 1 is 1.29 bits per heavy atom. The van der Waals surface area contributed by atoms with Gasteiger partial charge in [-0.05, 0) is 6.07 Å². The van der Waals surface area contributed by atoms with E-state index in [4.69, 9.17) is 11.5 Å². The van der Waals surface area contributed by atoms with Gasteiger partial charge in [0, 0.05) is 17.1 Å². The number of H-pyrrole nitrogens is 1. The van der Waals surface area contributed by atoms with E-state index in [1.54, 1.807) is 0 Å². The van der Waals surface area contributed by atoms with E-state index >= 15 is 0 Å². The number of hydrazone groups is 1. The van der Waals surface area contributed by atoms with Crippen molar-refractivity contribution in [3.63, 3.8) is 0 Å². The molecule has 0 spiro atoms. The summed E-state index contributed by atoms with van der Waals surface area (Å²) in [4.78, 5) is 3.10. The Labute approximate surface area is 80.8 Å². The van der Waals surface area contributed by atoms with Crippen LogP contribution in [0.25, 0.3) is 10.9 Å². The van der Waals surface area contributed by atoms with Crippen molar-refractivity contribution in [2.45, 2.75) is 0 Å². The zero-order chi connectivity index (χ0) is 9.97. The van der Waals surface area contributed by atoms with Crippen molar-refractivity contribution in [2.75, 3.05) is 5.43 Å². The highest BCUT2D eigenvalue weighted by Crippen LogP contribution is 2.21. The fourth-order valence-corrected chi connectivity index (χ4v) is 1.29. The monoisotopic (exact) mass is 189 g/mol. The summed E-state index contributed by atoms with van der Waals surface area (Å²) in [5.74, 6) is 0.00952. The molecule has 0 fully saturated rings. The Morgan fingerprint density at radius 2 is 2.07 bits per heavy atom. The third-order valence-corrected chi connectivity index (χ3v) is 1.89. The number of rotatable bonds is 2. The van der Waals surface area contributed by atoms with Crippen LogP contribution in [0.3, 0.4) is 0 Å². The van der Waals surface area contributed by atoms with E-state index in [9.17, 15) is 0 Å². The second-order valence-electron chi connectivity index (χ2n) is 2.90. The van der Waals surface area contributed by atoms with Gasteiger partial charge in [-0.1, -0.05) is 18.2 Å². The van der Waals surface area contributed by atoms with Crippen molar-refractivity contribution in [1.82, 2.24) is 4.98 Å². The summed E-state index contributed by atoms with van der Waals surface area (Å²) in [6.45, 7) is 0. The van der Waals surface area contributed by atoms with Crippen LogP contribution in [0.15, 0.2) is 35.6 Å². The van der Waals surface area contributed by atoms with Gasteiger partial charge >= 0.3 is 0 Å². The minimum atomic E-state index is 0.00952. The average Bonchev–Trinajstić information content (AvgIpc) is 2.58. The van der Waals surface area contributed by atoms with Gasteiger partial charge in [0.05, 0.1) is 5.69 Å². The second-order valence-corrected chi connectivity index (χ2v) is 2.90. The summed E-state index contributed by atoms with van der Waals surface area (Å²) in [5.41, 5.74) is 15.1. The topological polar surface area (TPSA) is 92.2 Å². The van der Waals surface area contributed by atoms with Gasteiger partial charge in [-0.25, -0.2) is 0 Å². The predicted molar refractivity (Wildman–Crippen MR) is 57.7 cm³/mol. The lowest BCUT2D eigenvalue weighted by Crippen LogP contribution is -2.23. The van der Waals surface area contributed by atoms with Gasteiger partial charge in [0.25, 0.3) is 0 Å². The molecule has 0 amide bonds. The summed E-state index contributed by atoms with van der Waals surface area (Å²) >= 11 is 0. The lowest BCUT2D eigenvalue weighted by atomic mass is 10.2. The van der Waals surface area contributed by atoms with Crippen LogP contribution in [0.1, 0.15) is 0 Å². The van der Waals surface area contributed by atoms with Crippen molar-refractivity contribution < 1.29 is 0 Å². The summed E-state index contributed by atoms with van der Waals surface area (Å²) in [6.07, 6.45) is 1.82. The molecule has 14 heavy (non-hydrogen) atoms. The molecule has 1 aromatic carbocycles. The largest absolute Gasteiger partial charge is 0.369 e. The van der Waals surface area contributed by atoms with Gasteiger partial charge in [-0.15, -0.1) is 5.10 Å². The van der Waals surface area contributed by atoms with Crippen molar-refractivity contribution in [3.05, 3.63) is 30.5 Å². The highest BCUT2D eigenvalue weighted by atomic mass is 15.3. The van der Waals surface area contributed by atoms with E-state index in [0.717, 1.165) is 16.6 Å². The van der Waals surface area contributed by atoms with Crippen LogP contribution in [0, 0.1) is 0 Å². The molecule has 0 unspecified atom stereocenters. The molecule has 0 radical (unpaired) electrons. The molecule has 0 aliphatic heterocycles. The molecule has 1 heterocycles. The first-order valence-electron chi connectivity index (χ1n) is 4.18. The highest BCUT2D eigenvalue weighted by molar-refractivity contribution is 5.92. The minimum Gasteiger partial charge on any atom is -0.369 e. The summed E-state index contributed by atoms with van der Waals surface area (Å²) in [7, 11) is 0. The third-order valence-electron chi connectivity index (χ3n) is 1.89. The summed E-state index contributed by atoms with van der Waals surface area (Å²) in [5, 5.41) is 4.77. The van der Waals surface area contributed by atoms with Gasteiger partial charge in [0.1, 0.15) is 0 Å². The molecular weight excluding hydrogens is 178 g/mol. The smallest absolute Gasteiger partial charge is 0.208 e. The van der Waals surface area contributed by atoms with E-state index in [1.165, 1.54) is 0 Å². The fraction of sp³-hybridized carbons (Fsp3) is 0. The number of anilines is 1. The van der Waals surface area contributed by atoms with E-state index in [1.807, 2.05) is 30.5 Å². The lowest BCUT2D eigenvalue weighted by Gasteiger charge is -1.97. The molecule has 0 aliphatic rings. The fourth-order valence-electron chi connectivity index (χ4n) is 1.29. The van der Waals surface area contributed by atoms with Gasteiger partial charge in [0.2, 0.25) is 5.96 Å². The zero-order valence-corrected chi connectivity index (χ0v) is 7.49. The molecule has 72 valence electrons. The first-order valence-corrected chi connectivity index (χ1v) is 4.18. The normalized spacial score (nSPS) is 10.0. The molecule has 1 aromatic heterocycles. The number of aromatic nitrogens is 1. The number of hydrogen-bond acceptors (Lipinski definition) is 2. The van der Waals surface area contributed by atoms with Gasteiger partial charge in [-0.3, -0.25) is 5.43 Å². The van der Waals surface area contributed by atoms with Crippen LogP contribution in [0.5, 0.6) is 0 Å². The van der Waals surface area contributed by atoms with Crippen LogP contribution >= 0.6 is 0 Å². The Bertz CT molecular complexity index is 467. The first kappa shape index (κ1) is 8.43. The van der Waals surface area contributed by atoms with Crippen molar-refractivity contribution in [1.29, 1.82) is 0 Å². The molecule has 0 saturated carbocycles. The van der Waals surface area contributed by atoms with E-state index in [2.05, 4.69) is 15.5 Å². The molecule has 2 aromatic rings. The van der Waals surface area contributed by atoms with Crippen molar-refractivity contribution in [2.24, 2.45) is 16.6 Å². The lowest BCUT2D eigenvalue weighted by molar-refractivity contribution is 1.29. The van der Waals surface area contributed by atoms with Crippen LogP contribution < -0.4 is 16.9 Å². The molecule has 2 rings (SSSR count). The summed E-state index contributed by atoms with van der Waals surface area (Å²) < 4.78 is 0. The van der Waals surface area contributed by atoms with Crippen molar-refractivity contribution in [3.8, 4) is 0 Å². The van der Waals surface area contributed by atoms with Gasteiger partial charge in [0.15, 0.2) is 0 Å². The first-order chi connectivity index (χ1) is 6.77. The van der Waals surface area contributed by atoms with Crippen LogP contribution in [-0.4, -0.2) is 10.9 Å². The average molecular weight is 189 g/mol. The molecule has 0 atom stereocenters. The quantitative estimate of drug-likeness (QED) is 0.319. The Morgan fingerprint density at radius 3 is 2.86 bits per heavy atom. The van der Waals surface area contributed by atoms with E-state index < -0.39 is 0 Å². The number of para-hydroxylation sites is 1. The minimum absolute atomic E-state index is 0.00952. The van der Waals surface area contributed by atoms with Crippen LogP contribution in [-0.2, 0) is 0 Å². The number of guanidine groups is 1. The standard InChI is InChI=1S/C9H11N5/c10-9(11)14-13-8-5-12-7-4-2-1-3-6(7)8/h1-5,12-13H,(H4,10,11,14). The number of fused-ring (bicyclic) bond motifs is 1. The second kappa shape index (κ2) is 3.29. The number of benzene rings is 1. The number of nitrogens with zero attached hydrogens (tertiary/aromatic N) is 1. The molecule has 5 nitrogen and oxygen atoms in total. The Kier molecular flexibility index (Phi) is 1.98. The van der Waals surface area contributed by atoms with Crippen LogP contribution in [0.2, 0.25) is 0 Å². The Balaban J connectivity index is 2.38. The molecule has 6 N–H and O–H groups in total. The third kappa shape index (κ3) is 1.47. The highest BCUT2D eigenvalue weighted by Gasteiger charge is 2.00. The molecule has 5 heteroatoms. The number of hydrogen-bond donors (Lipinski definition) is 4. The molecular formula is C9H11N5. The molecule has 0 bridgehead atoms. The molecule has 0 aliphatic carbocycles. The number of aromatic amines is 1. The Hall–Kier alpha value is -2.17. The number of nitrogens with two attached hydrogens (primary N) is 2. The van der Waals surface area contributed by atoms with E-state index in [0.29, 0.717) is 0 Å². The SMILES string of the molecule is NC(N)=NNc1c[nH]c2ccccc12. The summed E-state index contributed by atoms with van der Waals surface area (Å²) in [6, 6.07) is 7.88. The van der Waals surface area contributed by atoms with Gasteiger partial charge < -0.3 is 16.5 Å². The van der Waals surface area contributed by atoms with Crippen molar-refractivity contribution >= 4 is 22.5 Å².